The first-order chi connectivity index (χ1) is 13.4. The number of benzene rings is 4. The predicted molar refractivity (Wildman–Crippen MR) is 121 cm³/mol. The molecule has 1 aromatic heterocycles. The average molecular weight is 384 g/mol. The van der Waals surface area contributed by atoms with E-state index in [4.69, 9.17) is 9.31 Å². The molecular formula is C24H21BO2S. The Morgan fingerprint density at radius 3 is 1.96 bits per heavy atom. The third-order valence-corrected chi connectivity index (χ3v) is 7.90. The van der Waals surface area contributed by atoms with Gasteiger partial charge in [-0.3, -0.25) is 0 Å². The lowest BCUT2D eigenvalue weighted by Crippen LogP contribution is -2.41. The van der Waals surface area contributed by atoms with Crippen molar-refractivity contribution < 1.29 is 9.31 Å². The quantitative estimate of drug-likeness (QED) is 0.257. The van der Waals surface area contributed by atoms with Crippen LogP contribution >= 0.6 is 11.3 Å². The van der Waals surface area contributed by atoms with Gasteiger partial charge in [-0.2, -0.15) is 0 Å². The molecule has 1 saturated heterocycles. The molecule has 138 valence electrons. The molecule has 2 nitrogen and oxygen atoms in total. The topological polar surface area (TPSA) is 18.5 Å². The molecule has 0 spiro atoms. The summed E-state index contributed by atoms with van der Waals surface area (Å²) < 4.78 is 15.4. The van der Waals surface area contributed by atoms with Crippen LogP contribution < -0.4 is 5.46 Å². The Morgan fingerprint density at radius 1 is 0.679 bits per heavy atom. The molecule has 0 N–H and O–H groups in total. The zero-order valence-corrected chi connectivity index (χ0v) is 17.3. The van der Waals surface area contributed by atoms with Crippen LogP contribution in [0.25, 0.3) is 41.7 Å². The molecule has 0 bridgehead atoms. The Balaban J connectivity index is 1.73. The number of rotatable bonds is 1. The normalized spacial score (nSPS) is 18.9. The van der Waals surface area contributed by atoms with Crippen molar-refractivity contribution >= 4 is 65.6 Å². The highest BCUT2D eigenvalue weighted by molar-refractivity contribution is 7.27. The average Bonchev–Trinajstić information content (AvgIpc) is 3.15. The van der Waals surface area contributed by atoms with Crippen LogP contribution in [0.1, 0.15) is 27.7 Å². The highest BCUT2D eigenvalue weighted by Gasteiger charge is 2.52. The zero-order chi connectivity index (χ0) is 19.3. The second-order valence-corrected chi connectivity index (χ2v) is 9.87. The summed E-state index contributed by atoms with van der Waals surface area (Å²) >= 11 is 1.85. The predicted octanol–water partition coefficient (Wildman–Crippen LogP) is 6.10. The van der Waals surface area contributed by atoms with Crippen LogP contribution in [-0.4, -0.2) is 18.3 Å². The van der Waals surface area contributed by atoms with Crippen LogP contribution in [0.15, 0.2) is 54.6 Å². The fourth-order valence-electron chi connectivity index (χ4n) is 4.50. The summed E-state index contributed by atoms with van der Waals surface area (Å²) in [5.74, 6) is 0. The highest BCUT2D eigenvalue weighted by atomic mass is 32.1. The Hall–Kier alpha value is -2.14. The van der Waals surface area contributed by atoms with E-state index in [1.165, 1.54) is 41.7 Å². The Bertz CT molecular complexity index is 1370. The van der Waals surface area contributed by atoms with Crippen LogP contribution in [0.5, 0.6) is 0 Å². The molecule has 1 fully saturated rings. The Kier molecular flexibility index (Phi) is 3.16. The lowest BCUT2D eigenvalue weighted by Gasteiger charge is -2.32. The van der Waals surface area contributed by atoms with Crippen molar-refractivity contribution in [2.24, 2.45) is 0 Å². The molecule has 0 radical (unpaired) electrons. The summed E-state index contributed by atoms with van der Waals surface area (Å²) in [6, 6.07) is 19.8. The van der Waals surface area contributed by atoms with Crippen LogP contribution in [-0.2, 0) is 9.31 Å². The van der Waals surface area contributed by atoms with Crippen molar-refractivity contribution in [2.45, 2.75) is 38.9 Å². The van der Waals surface area contributed by atoms with Gasteiger partial charge in [0.2, 0.25) is 0 Å². The molecule has 0 atom stereocenters. The van der Waals surface area contributed by atoms with Crippen LogP contribution in [0.2, 0.25) is 0 Å². The first-order valence-electron chi connectivity index (χ1n) is 9.81. The minimum absolute atomic E-state index is 0.339. The van der Waals surface area contributed by atoms with Gasteiger partial charge in [-0.25, -0.2) is 0 Å². The van der Waals surface area contributed by atoms with Crippen LogP contribution in [0.3, 0.4) is 0 Å². The molecule has 0 saturated carbocycles. The fraction of sp³-hybridized carbons (Fsp3) is 0.250. The van der Waals surface area contributed by atoms with E-state index in [1.54, 1.807) is 0 Å². The van der Waals surface area contributed by atoms with Gasteiger partial charge in [-0.15, -0.1) is 11.3 Å². The molecule has 4 aromatic carbocycles. The van der Waals surface area contributed by atoms with Crippen molar-refractivity contribution in [3.63, 3.8) is 0 Å². The first-order valence-corrected chi connectivity index (χ1v) is 10.6. The van der Waals surface area contributed by atoms with E-state index in [9.17, 15) is 0 Å². The highest BCUT2D eigenvalue weighted by Crippen LogP contribution is 2.45. The van der Waals surface area contributed by atoms with Crippen LogP contribution in [0.4, 0.5) is 0 Å². The summed E-state index contributed by atoms with van der Waals surface area (Å²) in [7, 11) is -0.340. The Morgan fingerprint density at radius 2 is 1.29 bits per heavy atom. The van der Waals surface area contributed by atoms with Gasteiger partial charge in [0.05, 0.1) is 11.2 Å². The molecule has 4 heteroatoms. The lowest BCUT2D eigenvalue weighted by molar-refractivity contribution is 0.00578. The third-order valence-electron chi connectivity index (χ3n) is 6.69. The molecule has 5 aromatic rings. The van der Waals surface area contributed by atoms with Crippen LogP contribution in [0, 0.1) is 0 Å². The summed E-state index contributed by atoms with van der Waals surface area (Å²) in [5.41, 5.74) is 0.464. The lowest BCUT2D eigenvalue weighted by atomic mass is 9.77. The van der Waals surface area contributed by atoms with Gasteiger partial charge in [0.15, 0.2) is 0 Å². The second kappa shape index (κ2) is 5.26. The van der Waals surface area contributed by atoms with Gasteiger partial charge in [0.1, 0.15) is 0 Å². The largest absolute Gasteiger partial charge is 0.496 e. The van der Waals surface area contributed by atoms with Gasteiger partial charge in [-0.05, 0) is 55.3 Å². The maximum Gasteiger partial charge on any atom is 0.496 e. The summed E-state index contributed by atoms with van der Waals surface area (Å²) in [4.78, 5) is 0. The number of fused-ring (bicyclic) bond motifs is 3. The van der Waals surface area contributed by atoms with Crippen molar-refractivity contribution in [3.8, 4) is 0 Å². The maximum atomic E-state index is 6.40. The van der Waals surface area contributed by atoms with Crippen molar-refractivity contribution in [2.75, 3.05) is 0 Å². The number of hydrogen-bond donors (Lipinski definition) is 0. The SMILES string of the molecule is CC1(C)OB(c2ccc3c4ccccc4c4cccc5sc2c3c54)OC1(C)C. The van der Waals surface area contributed by atoms with E-state index in [0.717, 1.165) is 5.46 Å². The summed E-state index contributed by atoms with van der Waals surface area (Å²) in [5, 5.41) is 8.00. The Labute approximate surface area is 168 Å². The molecule has 1 aliphatic rings. The van der Waals surface area contributed by atoms with Gasteiger partial charge >= 0.3 is 7.12 Å². The monoisotopic (exact) mass is 384 g/mol. The zero-order valence-electron chi connectivity index (χ0n) is 16.5. The van der Waals surface area contributed by atoms with Crippen molar-refractivity contribution in [1.29, 1.82) is 0 Å². The number of hydrogen-bond acceptors (Lipinski definition) is 3. The van der Waals surface area contributed by atoms with E-state index in [0.29, 0.717) is 0 Å². The smallest absolute Gasteiger partial charge is 0.399 e. The molecule has 6 rings (SSSR count). The molecule has 0 amide bonds. The van der Waals surface area contributed by atoms with E-state index >= 15 is 0 Å². The van der Waals surface area contributed by atoms with Crippen molar-refractivity contribution in [1.82, 2.24) is 0 Å². The maximum absolute atomic E-state index is 6.40. The summed E-state index contributed by atoms with van der Waals surface area (Å²) in [6.07, 6.45) is 0. The van der Waals surface area contributed by atoms with Gasteiger partial charge in [0.25, 0.3) is 0 Å². The second-order valence-electron chi connectivity index (χ2n) is 8.82. The van der Waals surface area contributed by atoms with Gasteiger partial charge in [0, 0.05) is 25.6 Å². The molecule has 1 aliphatic heterocycles. The molecule has 2 heterocycles. The molecule has 0 aliphatic carbocycles. The minimum atomic E-state index is -0.340. The standard InChI is InChI=1S/C24H21BO2S/c1-23(2)24(3,4)27-25(26-23)18-13-12-17-15-9-6-5-8-14(15)16-10-7-11-19-20(16)21(17)22(18)28-19/h5-13H,1-4H3. The van der Waals surface area contributed by atoms with E-state index in [-0.39, 0.29) is 18.3 Å². The molecular weight excluding hydrogens is 363 g/mol. The first kappa shape index (κ1) is 16.8. The van der Waals surface area contributed by atoms with Gasteiger partial charge < -0.3 is 9.31 Å². The summed E-state index contributed by atoms with van der Waals surface area (Å²) in [6.45, 7) is 8.45. The van der Waals surface area contributed by atoms with E-state index < -0.39 is 0 Å². The number of thiophene rings is 1. The minimum Gasteiger partial charge on any atom is -0.399 e. The third kappa shape index (κ3) is 2.01. The van der Waals surface area contributed by atoms with Crippen molar-refractivity contribution in [3.05, 3.63) is 54.6 Å². The van der Waals surface area contributed by atoms with E-state index in [1.807, 2.05) is 11.3 Å². The molecule has 28 heavy (non-hydrogen) atoms. The molecule has 0 unspecified atom stereocenters. The van der Waals surface area contributed by atoms with Gasteiger partial charge in [-0.1, -0.05) is 48.5 Å². The fourth-order valence-corrected chi connectivity index (χ4v) is 5.78. The van der Waals surface area contributed by atoms with E-state index in [2.05, 4.69) is 82.3 Å².